The molecule has 0 amide bonds. The zero-order valence-electron chi connectivity index (χ0n) is 42.0. The molecule has 0 bridgehead atoms. The van der Waals surface area contributed by atoms with Crippen molar-refractivity contribution < 1.29 is 23.8 Å². The molecule has 0 radical (unpaired) electrons. The SMILES string of the molecule is CC/C=C\C/C=C\C/C=C\C/C=C\C/C=C\C/C=C\CCCOCC(COC(=O)CCCCCCC/C=C\CCCCCCCC)OC(=O)CCCCCCC/C=C\CCCCCC. The van der Waals surface area contributed by atoms with Crippen LogP contribution in [0.4, 0.5) is 0 Å². The Morgan fingerprint density at radius 3 is 1.16 bits per heavy atom. The monoisotopic (exact) mass is 889 g/mol. The van der Waals surface area contributed by atoms with Crippen molar-refractivity contribution in [3.05, 3.63) is 97.2 Å². The summed E-state index contributed by atoms with van der Waals surface area (Å²) < 4.78 is 17.3. The van der Waals surface area contributed by atoms with Crippen LogP contribution >= 0.6 is 0 Å². The van der Waals surface area contributed by atoms with Gasteiger partial charge in [0, 0.05) is 19.4 Å². The Balaban J connectivity index is 4.40. The van der Waals surface area contributed by atoms with E-state index in [9.17, 15) is 9.59 Å². The maximum Gasteiger partial charge on any atom is 0.306 e. The Hall–Kier alpha value is -3.18. The first kappa shape index (κ1) is 60.8. The third-order valence-electron chi connectivity index (χ3n) is 11.1. The van der Waals surface area contributed by atoms with Gasteiger partial charge in [-0.2, -0.15) is 0 Å². The molecular formula is C59H100O5. The molecule has 0 aromatic rings. The molecule has 64 heavy (non-hydrogen) atoms. The van der Waals surface area contributed by atoms with Crippen molar-refractivity contribution in [3.63, 3.8) is 0 Å². The van der Waals surface area contributed by atoms with Crippen molar-refractivity contribution in [2.45, 2.75) is 245 Å². The van der Waals surface area contributed by atoms with Crippen LogP contribution in [0.2, 0.25) is 0 Å². The van der Waals surface area contributed by atoms with Gasteiger partial charge >= 0.3 is 11.9 Å². The van der Waals surface area contributed by atoms with Gasteiger partial charge in [0.1, 0.15) is 6.61 Å². The number of ether oxygens (including phenoxy) is 3. The Morgan fingerprint density at radius 2 is 0.703 bits per heavy atom. The largest absolute Gasteiger partial charge is 0.462 e. The molecule has 0 fully saturated rings. The minimum Gasteiger partial charge on any atom is -0.462 e. The van der Waals surface area contributed by atoms with Gasteiger partial charge in [-0.05, 0) is 116 Å². The van der Waals surface area contributed by atoms with Crippen LogP contribution in [0.1, 0.15) is 239 Å². The molecule has 0 aromatic heterocycles. The summed E-state index contributed by atoms with van der Waals surface area (Å²) in [6.07, 6.45) is 72.8. The first-order chi connectivity index (χ1) is 31.6. The van der Waals surface area contributed by atoms with Crippen molar-refractivity contribution in [2.75, 3.05) is 19.8 Å². The molecule has 1 atom stereocenters. The lowest BCUT2D eigenvalue weighted by molar-refractivity contribution is -0.163. The van der Waals surface area contributed by atoms with Crippen molar-refractivity contribution in [3.8, 4) is 0 Å². The van der Waals surface area contributed by atoms with E-state index in [0.29, 0.717) is 19.4 Å². The zero-order valence-corrected chi connectivity index (χ0v) is 42.0. The topological polar surface area (TPSA) is 61.8 Å². The molecule has 0 saturated heterocycles. The predicted molar refractivity (Wildman–Crippen MR) is 279 cm³/mol. The normalized spacial score (nSPS) is 13.0. The third-order valence-corrected chi connectivity index (χ3v) is 11.1. The summed E-state index contributed by atoms with van der Waals surface area (Å²) in [6, 6.07) is 0. The fraction of sp³-hybridized carbons (Fsp3) is 0.695. The Morgan fingerprint density at radius 1 is 0.359 bits per heavy atom. The molecule has 5 heteroatoms. The number of unbranched alkanes of at least 4 members (excludes halogenated alkanes) is 21. The van der Waals surface area contributed by atoms with Crippen molar-refractivity contribution >= 4 is 11.9 Å². The minimum absolute atomic E-state index is 0.0505. The van der Waals surface area contributed by atoms with Gasteiger partial charge in [0.2, 0.25) is 0 Å². The lowest BCUT2D eigenvalue weighted by Gasteiger charge is -2.18. The first-order valence-electron chi connectivity index (χ1n) is 26.8. The number of rotatable bonds is 48. The number of carbonyl (C=O) groups excluding carboxylic acids is 2. The maximum absolute atomic E-state index is 12.8. The number of hydrogen-bond donors (Lipinski definition) is 0. The van der Waals surface area contributed by atoms with Crippen LogP contribution in [0.25, 0.3) is 0 Å². The number of allylic oxidation sites excluding steroid dienone is 16. The summed E-state index contributed by atoms with van der Waals surface area (Å²) in [7, 11) is 0. The minimum atomic E-state index is -0.579. The number of esters is 2. The highest BCUT2D eigenvalue weighted by atomic mass is 16.6. The van der Waals surface area contributed by atoms with Gasteiger partial charge in [0.25, 0.3) is 0 Å². The van der Waals surface area contributed by atoms with E-state index in [-0.39, 0.29) is 25.2 Å². The Bertz CT molecular complexity index is 1230. The fourth-order valence-electron chi connectivity index (χ4n) is 7.10. The van der Waals surface area contributed by atoms with Crippen LogP contribution in [0.5, 0.6) is 0 Å². The molecule has 0 saturated carbocycles. The summed E-state index contributed by atoms with van der Waals surface area (Å²) in [5.41, 5.74) is 0. The summed E-state index contributed by atoms with van der Waals surface area (Å²) >= 11 is 0. The first-order valence-corrected chi connectivity index (χ1v) is 26.8. The Labute approximate surface area is 396 Å². The molecule has 5 nitrogen and oxygen atoms in total. The molecule has 0 aromatic carbocycles. The highest BCUT2D eigenvalue weighted by Crippen LogP contribution is 2.13. The quantitative estimate of drug-likeness (QED) is 0.0346. The summed E-state index contributed by atoms with van der Waals surface area (Å²) in [5.74, 6) is -0.450. The molecule has 0 aliphatic heterocycles. The van der Waals surface area contributed by atoms with E-state index >= 15 is 0 Å². The van der Waals surface area contributed by atoms with E-state index in [1.54, 1.807) is 0 Å². The molecule has 0 rings (SSSR count). The smallest absolute Gasteiger partial charge is 0.306 e. The lowest BCUT2D eigenvalue weighted by Crippen LogP contribution is -2.30. The Kier molecular flexibility index (Phi) is 51.5. The second-order valence-electron chi connectivity index (χ2n) is 17.4. The third kappa shape index (κ3) is 51.5. The average molecular weight is 889 g/mol. The zero-order chi connectivity index (χ0) is 46.3. The van der Waals surface area contributed by atoms with E-state index in [2.05, 4.69) is 118 Å². The molecule has 0 aliphatic rings. The molecule has 366 valence electrons. The molecule has 0 heterocycles. The van der Waals surface area contributed by atoms with Crippen molar-refractivity contribution in [2.24, 2.45) is 0 Å². The molecule has 1 unspecified atom stereocenters. The van der Waals surface area contributed by atoms with E-state index < -0.39 is 6.10 Å². The van der Waals surface area contributed by atoms with E-state index in [1.165, 1.54) is 103 Å². The van der Waals surface area contributed by atoms with Crippen LogP contribution < -0.4 is 0 Å². The van der Waals surface area contributed by atoms with E-state index in [1.807, 2.05) is 0 Å². The van der Waals surface area contributed by atoms with Gasteiger partial charge in [0.15, 0.2) is 6.10 Å². The van der Waals surface area contributed by atoms with Gasteiger partial charge in [0.05, 0.1) is 6.61 Å². The predicted octanol–water partition coefficient (Wildman–Crippen LogP) is 18.2. The average Bonchev–Trinajstić information content (AvgIpc) is 3.30. The van der Waals surface area contributed by atoms with E-state index in [0.717, 1.165) is 103 Å². The number of hydrogen-bond acceptors (Lipinski definition) is 5. The van der Waals surface area contributed by atoms with E-state index in [4.69, 9.17) is 14.2 Å². The van der Waals surface area contributed by atoms with Crippen LogP contribution in [0.3, 0.4) is 0 Å². The van der Waals surface area contributed by atoms with Crippen LogP contribution in [-0.2, 0) is 23.8 Å². The molecule has 0 N–H and O–H groups in total. The fourth-order valence-corrected chi connectivity index (χ4v) is 7.10. The summed E-state index contributed by atoms with van der Waals surface area (Å²) in [6.45, 7) is 7.54. The maximum atomic E-state index is 12.8. The van der Waals surface area contributed by atoms with Gasteiger partial charge < -0.3 is 14.2 Å². The standard InChI is InChI=1S/C59H100O5/c1-4-7-10-13-16-19-22-25-27-28-29-30-31-33-36-39-42-45-48-51-54-62-55-57(64-59(61)53-50-47-44-41-38-34-24-21-18-15-12-9-6-3)56-63-58(60)52-49-46-43-40-37-35-32-26-23-20-17-14-11-8-5-2/h7,10,16,19,21,24-27,29-30,32-33,36,42,45,57H,4-6,8-9,11-15,17-18,20,22-23,28,31,34-35,37-41,43-44,46-56H2,1-3H3/b10-7-,19-16-,24-21-,27-25-,30-29-,32-26-,36-33-,45-42-. The van der Waals surface area contributed by atoms with Crippen LogP contribution in [0.15, 0.2) is 97.2 Å². The van der Waals surface area contributed by atoms with Crippen molar-refractivity contribution in [1.82, 2.24) is 0 Å². The molecule has 0 spiro atoms. The molecule has 0 aliphatic carbocycles. The highest BCUT2D eigenvalue weighted by Gasteiger charge is 2.17. The summed E-state index contributed by atoms with van der Waals surface area (Å²) in [5, 5.41) is 0. The molecular weight excluding hydrogens is 789 g/mol. The van der Waals surface area contributed by atoms with Gasteiger partial charge in [-0.25, -0.2) is 0 Å². The van der Waals surface area contributed by atoms with Crippen LogP contribution in [0, 0.1) is 0 Å². The second kappa shape index (κ2) is 54.2. The van der Waals surface area contributed by atoms with Gasteiger partial charge in [-0.15, -0.1) is 0 Å². The second-order valence-corrected chi connectivity index (χ2v) is 17.4. The van der Waals surface area contributed by atoms with Crippen molar-refractivity contribution in [1.29, 1.82) is 0 Å². The summed E-state index contributed by atoms with van der Waals surface area (Å²) in [4.78, 5) is 25.4. The number of carbonyl (C=O) groups is 2. The lowest BCUT2D eigenvalue weighted by atomic mass is 10.1. The highest BCUT2D eigenvalue weighted by molar-refractivity contribution is 5.70. The van der Waals surface area contributed by atoms with Gasteiger partial charge in [-0.1, -0.05) is 208 Å². The van der Waals surface area contributed by atoms with Crippen LogP contribution in [-0.4, -0.2) is 37.9 Å². The van der Waals surface area contributed by atoms with Gasteiger partial charge in [-0.3, -0.25) is 9.59 Å².